The largest absolute Gasteiger partial charge is 0.368 e. The molecule has 2 atom stereocenters. The first kappa shape index (κ1) is 14.4. The van der Waals surface area contributed by atoms with Crippen LogP contribution in [0.1, 0.15) is 44.6 Å². The molecule has 2 fully saturated rings. The van der Waals surface area contributed by atoms with Gasteiger partial charge >= 0.3 is 0 Å². The Morgan fingerprint density at radius 2 is 2.10 bits per heavy atom. The fourth-order valence-corrected chi connectivity index (χ4v) is 4.35. The van der Waals surface area contributed by atoms with E-state index in [4.69, 9.17) is 0 Å². The van der Waals surface area contributed by atoms with Gasteiger partial charge in [-0.05, 0) is 49.4 Å². The molecule has 0 radical (unpaired) electrons. The standard InChI is InChI=1S/C17H25BrN2/c1-2-19-12-14-7-8-15(11-16(14)18)20-10-9-13-5-3-4-6-17(13)20/h7-8,11,13,17,19H,2-6,9-10,12H2,1H3. The molecule has 1 aliphatic carbocycles. The molecule has 0 bridgehead atoms. The van der Waals surface area contributed by atoms with Crippen molar-refractivity contribution in [2.24, 2.45) is 5.92 Å². The first-order valence-electron chi connectivity index (χ1n) is 8.05. The highest BCUT2D eigenvalue weighted by Gasteiger charge is 2.35. The fourth-order valence-electron chi connectivity index (χ4n) is 3.84. The lowest BCUT2D eigenvalue weighted by Gasteiger charge is -2.33. The van der Waals surface area contributed by atoms with E-state index >= 15 is 0 Å². The van der Waals surface area contributed by atoms with Crippen LogP contribution in [0.5, 0.6) is 0 Å². The number of benzene rings is 1. The van der Waals surface area contributed by atoms with E-state index in [1.165, 1.54) is 54.4 Å². The van der Waals surface area contributed by atoms with Gasteiger partial charge in [-0.1, -0.05) is 41.8 Å². The smallest absolute Gasteiger partial charge is 0.0380 e. The quantitative estimate of drug-likeness (QED) is 0.880. The van der Waals surface area contributed by atoms with Gasteiger partial charge in [0.05, 0.1) is 0 Å². The summed E-state index contributed by atoms with van der Waals surface area (Å²) in [5.41, 5.74) is 2.77. The van der Waals surface area contributed by atoms with Crippen LogP contribution in [0.25, 0.3) is 0 Å². The zero-order chi connectivity index (χ0) is 13.9. The molecular formula is C17H25BrN2. The molecule has 1 N–H and O–H groups in total. The summed E-state index contributed by atoms with van der Waals surface area (Å²) < 4.78 is 1.25. The van der Waals surface area contributed by atoms with Gasteiger partial charge < -0.3 is 10.2 Å². The van der Waals surface area contributed by atoms with Crippen molar-refractivity contribution < 1.29 is 0 Å². The van der Waals surface area contributed by atoms with E-state index in [0.717, 1.165) is 25.0 Å². The van der Waals surface area contributed by atoms with Crippen molar-refractivity contribution in [1.29, 1.82) is 0 Å². The summed E-state index contributed by atoms with van der Waals surface area (Å²) in [6, 6.07) is 7.71. The molecule has 0 aromatic heterocycles. The Morgan fingerprint density at radius 3 is 2.90 bits per heavy atom. The number of halogens is 1. The van der Waals surface area contributed by atoms with Gasteiger partial charge in [0, 0.05) is 29.3 Å². The average molecular weight is 337 g/mol. The Balaban J connectivity index is 1.75. The second-order valence-electron chi connectivity index (χ2n) is 6.15. The van der Waals surface area contributed by atoms with Gasteiger partial charge in [0.1, 0.15) is 0 Å². The monoisotopic (exact) mass is 336 g/mol. The second-order valence-corrected chi connectivity index (χ2v) is 7.00. The molecular weight excluding hydrogens is 312 g/mol. The molecule has 0 spiro atoms. The molecule has 3 rings (SSSR count). The molecule has 110 valence electrons. The van der Waals surface area contributed by atoms with Crippen molar-refractivity contribution >= 4 is 21.6 Å². The molecule has 1 aromatic rings. The number of hydrogen-bond donors (Lipinski definition) is 1. The maximum Gasteiger partial charge on any atom is 0.0380 e. The second kappa shape index (κ2) is 6.48. The van der Waals surface area contributed by atoms with Crippen molar-refractivity contribution in [3.8, 4) is 0 Å². The first-order chi connectivity index (χ1) is 9.79. The third-order valence-corrected chi connectivity index (χ3v) is 5.68. The zero-order valence-corrected chi connectivity index (χ0v) is 14.0. The van der Waals surface area contributed by atoms with Crippen molar-refractivity contribution in [3.63, 3.8) is 0 Å². The predicted molar refractivity (Wildman–Crippen MR) is 89.2 cm³/mol. The van der Waals surface area contributed by atoms with Gasteiger partial charge in [-0.2, -0.15) is 0 Å². The van der Waals surface area contributed by atoms with E-state index in [-0.39, 0.29) is 0 Å². The lowest BCUT2D eigenvalue weighted by Crippen LogP contribution is -2.34. The maximum atomic E-state index is 3.75. The summed E-state index contributed by atoms with van der Waals surface area (Å²) in [5, 5.41) is 3.40. The Hall–Kier alpha value is -0.540. The summed E-state index contributed by atoms with van der Waals surface area (Å²) in [5.74, 6) is 0.948. The average Bonchev–Trinajstić information content (AvgIpc) is 2.90. The SMILES string of the molecule is CCNCc1ccc(N2CCC3CCCCC32)cc1Br. The highest BCUT2D eigenvalue weighted by molar-refractivity contribution is 9.10. The van der Waals surface area contributed by atoms with Crippen LogP contribution in [0, 0.1) is 5.92 Å². The van der Waals surface area contributed by atoms with E-state index in [0.29, 0.717) is 0 Å². The Kier molecular flexibility index (Phi) is 4.67. The Bertz CT molecular complexity index is 460. The molecule has 1 aliphatic heterocycles. The van der Waals surface area contributed by atoms with Gasteiger partial charge in [0.15, 0.2) is 0 Å². The van der Waals surface area contributed by atoms with Crippen LogP contribution < -0.4 is 10.2 Å². The summed E-state index contributed by atoms with van der Waals surface area (Å²) in [4.78, 5) is 2.66. The minimum atomic E-state index is 0.801. The van der Waals surface area contributed by atoms with Crippen LogP contribution in [0.2, 0.25) is 0 Å². The molecule has 2 nitrogen and oxygen atoms in total. The maximum absolute atomic E-state index is 3.75. The summed E-state index contributed by atoms with van der Waals surface area (Å²) in [6.07, 6.45) is 7.08. The van der Waals surface area contributed by atoms with Crippen LogP contribution in [0.3, 0.4) is 0 Å². The van der Waals surface area contributed by atoms with Gasteiger partial charge in [0.25, 0.3) is 0 Å². The third kappa shape index (κ3) is 2.89. The molecule has 2 unspecified atom stereocenters. The first-order valence-corrected chi connectivity index (χ1v) is 8.84. The molecule has 2 aliphatic rings. The number of anilines is 1. The van der Waals surface area contributed by atoms with E-state index in [1.54, 1.807) is 0 Å². The Morgan fingerprint density at radius 1 is 1.25 bits per heavy atom. The highest BCUT2D eigenvalue weighted by atomic mass is 79.9. The fraction of sp³-hybridized carbons (Fsp3) is 0.647. The van der Waals surface area contributed by atoms with Gasteiger partial charge in [-0.3, -0.25) is 0 Å². The minimum absolute atomic E-state index is 0.801. The van der Waals surface area contributed by atoms with E-state index < -0.39 is 0 Å². The van der Waals surface area contributed by atoms with E-state index in [1.807, 2.05) is 0 Å². The molecule has 1 saturated carbocycles. The number of rotatable bonds is 4. The van der Waals surface area contributed by atoms with Crippen molar-refractivity contribution in [1.82, 2.24) is 5.32 Å². The van der Waals surface area contributed by atoms with E-state index in [9.17, 15) is 0 Å². The Labute approximate surface area is 131 Å². The number of nitrogens with one attached hydrogen (secondary N) is 1. The minimum Gasteiger partial charge on any atom is -0.368 e. The molecule has 0 amide bonds. The molecule has 20 heavy (non-hydrogen) atoms. The molecule has 1 aromatic carbocycles. The highest BCUT2D eigenvalue weighted by Crippen LogP contribution is 2.39. The lowest BCUT2D eigenvalue weighted by molar-refractivity contribution is 0.342. The van der Waals surface area contributed by atoms with Gasteiger partial charge in [0.2, 0.25) is 0 Å². The van der Waals surface area contributed by atoms with Gasteiger partial charge in [-0.25, -0.2) is 0 Å². The zero-order valence-electron chi connectivity index (χ0n) is 12.4. The topological polar surface area (TPSA) is 15.3 Å². The number of fused-ring (bicyclic) bond motifs is 1. The number of nitrogens with zero attached hydrogens (tertiary/aromatic N) is 1. The normalized spacial score (nSPS) is 25.8. The van der Waals surface area contributed by atoms with Crippen LogP contribution in [0.4, 0.5) is 5.69 Å². The molecule has 1 heterocycles. The predicted octanol–water partition coefficient (Wildman–Crippen LogP) is 4.33. The van der Waals surface area contributed by atoms with Crippen molar-refractivity contribution in [3.05, 3.63) is 28.2 Å². The van der Waals surface area contributed by atoms with Crippen molar-refractivity contribution in [2.45, 2.75) is 51.6 Å². The van der Waals surface area contributed by atoms with Crippen LogP contribution in [-0.4, -0.2) is 19.1 Å². The summed E-state index contributed by atoms with van der Waals surface area (Å²) >= 11 is 3.75. The van der Waals surface area contributed by atoms with Crippen molar-refractivity contribution in [2.75, 3.05) is 18.0 Å². The van der Waals surface area contributed by atoms with Gasteiger partial charge in [-0.15, -0.1) is 0 Å². The molecule has 1 saturated heterocycles. The summed E-state index contributed by atoms with van der Waals surface area (Å²) in [6.45, 7) is 5.36. The third-order valence-electron chi connectivity index (χ3n) is 4.94. The van der Waals surface area contributed by atoms with Crippen LogP contribution in [0.15, 0.2) is 22.7 Å². The summed E-state index contributed by atoms with van der Waals surface area (Å²) in [7, 11) is 0. The van der Waals surface area contributed by atoms with Crippen LogP contribution in [-0.2, 0) is 6.54 Å². The van der Waals surface area contributed by atoms with E-state index in [2.05, 4.69) is 51.3 Å². The number of hydrogen-bond acceptors (Lipinski definition) is 2. The lowest BCUT2D eigenvalue weighted by atomic mass is 9.85. The van der Waals surface area contributed by atoms with Crippen LogP contribution >= 0.6 is 15.9 Å². The molecule has 3 heteroatoms.